The zero-order valence-electron chi connectivity index (χ0n) is 10.7. The van der Waals surface area contributed by atoms with E-state index in [1.807, 2.05) is 32.0 Å². The first-order valence-electron chi connectivity index (χ1n) is 5.71. The highest BCUT2D eigenvalue weighted by Gasteiger charge is 2.14. The van der Waals surface area contributed by atoms with Crippen LogP contribution in [0.4, 0.5) is 5.69 Å². The number of pyridine rings is 1. The number of aryl methyl sites for hydroxylation is 2. The van der Waals surface area contributed by atoms with Crippen LogP contribution in [0.15, 0.2) is 30.5 Å². The van der Waals surface area contributed by atoms with Gasteiger partial charge in [0.2, 0.25) is 5.88 Å². The highest BCUT2D eigenvalue weighted by molar-refractivity contribution is 5.94. The number of hydrogen-bond donors (Lipinski definition) is 2. The molecule has 0 radical (unpaired) electrons. The van der Waals surface area contributed by atoms with E-state index in [1.54, 1.807) is 0 Å². The Bertz CT molecular complexity index is 618. The van der Waals surface area contributed by atoms with E-state index in [-0.39, 0.29) is 17.1 Å². The van der Waals surface area contributed by atoms with Gasteiger partial charge in [-0.25, -0.2) is 9.78 Å². The predicted octanol–water partition coefficient (Wildman–Crippen LogP) is 2.77. The van der Waals surface area contributed by atoms with Crippen molar-refractivity contribution in [1.29, 1.82) is 0 Å². The van der Waals surface area contributed by atoms with E-state index in [9.17, 15) is 4.79 Å². The summed E-state index contributed by atoms with van der Waals surface area (Å²) in [5.74, 6) is -0.422. The Morgan fingerprint density at radius 2 is 1.89 bits per heavy atom. The fraction of sp³-hybridized carbons (Fsp3) is 0.143. The lowest BCUT2D eigenvalue weighted by Gasteiger charge is -2.10. The van der Waals surface area contributed by atoms with Gasteiger partial charge in [0.15, 0.2) is 0 Å². The lowest BCUT2D eigenvalue weighted by atomic mass is 10.1. The number of nitrogen functional groups attached to an aromatic ring is 1. The number of hydrogen-bond acceptors (Lipinski definition) is 4. The molecule has 0 amide bonds. The summed E-state index contributed by atoms with van der Waals surface area (Å²) in [5, 5.41) is 8.98. The smallest absolute Gasteiger partial charge is 0.338 e. The van der Waals surface area contributed by atoms with E-state index in [4.69, 9.17) is 15.6 Å². The quantitative estimate of drug-likeness (QED) is 0.884. The first-order chi connectivity index (χ1) is 8.97. The van der Waals surface area contributed by atoms with Crippen LogP contribution in [0.3, 0.4) is 0 Å². The molecular weight excluding hydrogens is 244 g/mol. The molecule has 0 spiro atoms. The van der Waals surface area contributed by atoms with Crippen LogP contribution >= 0.6 is 0 Å². The molecule has 0 bridgehead atoms. The number of rotatable bonds is 3. The van der Waals surface area contributed by atoms with E-state index < -0.39 is 5.97 Å². The Balaban J connectivity index is 2.38. The molecule has 1 aromatic heterocycles. The van der Waals surface area contributed by atoms with Gasteiger partial charge in [0, 0.05) is 6.20 Å². The van der Waals surface area contributed by atoms with Crippen LogP contribution in [0.1, 0.15) is 21.5 Å². The number of aromatic carboxylic acids is 1. The number of aromatic nitrogens is 1. The molecule has 19 heavy (non-hydrogen) atoms. The fourth-order valence-electron chi connectivity index (χ4n) is 1.83. The van der Waals surface area contributed by atoms with Gasteiger partial charge in [0.25, 0.3) is 0 Å². The Kier molecular flexibility index (Phi) is 3.37. The zero-order chi connectivity index (χ0) is 14.0. The second kappa shape index (κ2) is 4.97. The van der Waals surface area contributed by atoms with E-state index >= 15 is 0 Å². The van der Waals surface area contributed by atoms with Gasteiger partial charge in [-0.1, -0.05) is 6.07 Å². The van der Waals surface area contributed by atoms with Crippen LogP contribution < -0.4 is 10.5 Å². The van der Waals surface area contributed by atoms with Crippen LogP contribution in [-0.4, -0.2) is 16.1 Å². The molecule has 2 aromatic rings. The number of carboxylic acid groups (broad SMARTS) is 1. The second-order valence-corrected chi connectivity index (χ2v) is 4.31. The van der Waals surface area contributed by atoms with Crippen molar-refractivity contribution in [2.75, 3.05) is 5.73 Å². The summed E-state index contributed by atoms with van der Waals surface area (Å²) in [7, 11) is 0. The average molecular weight is 258 g/mol. The molecule has 0 saturated carbocycles. The highest BCUT2D eigenvalue weighted by Crippen LogP contribution is 2.28. The molecule has 2 rings (SSSR count). The molecule has 0 atom stereocenters. The minimum Gasteiger partial charge on any atom is -0.478 e. The summed E-state index contributed by atoms with van der Waals surface area (Å²) >= 11 is 0. The molecule has 1 heterocycles. The second-order valence-electron chi connectivity index (χ2n) is 4.31. The lowest BCUT2D eigenvalue weighted by molar-refractivity contribution is 0.0697. The van der Waals surface area contributed by atoms with Gasteiger partial charge in [-0.15, -0.1) is 0 Å². The van der Waals surface area contributed by atoms with Crippen LogP contribution in [0.5, 0.6) is 11.6 Å². The minimum atomic E-state index is -1.11. The lowest BCUT2D eigenvalue weighted by Crippen LogP contribution is -2.05. The molecule has 0 aliphatic rings. The first kappa shape index (κ1) is 12.9. The van der Waals surface area contributed by atoms with Gasteiger partial charge < -0.3 is 15.6 Å². The van der Waals surface area contributed by atoms with Gasteiger partial charge >= 0.3 is 5.97 Å². The molecule has 0 aliphatic heterocycles. The van der Waals surface area contributed by atoms with E-state index in [0.717, 1.165) is 11.1 Å². The number of nitrogens with zero attached hydrogens (tertiary/aromatic N) is 1. The highest BCUT2D eigenvalue weighted by atomic mass is 16.5. The van der Waals surface area contributed by atoms with Gasteiger partial charge in [-0.05, 0) is 43.2 Å². The molecule has 5 nitrogen and oxygen atoms in total. The molecule has 5 heteroatoms. The minimum absolute atomic E-state index is 0.0191. The van der Waals surface area contributed by atoms with Crippen LogP contribution in [-0.2, 0) is 0 Å². The maximum Gasteiger partial charge on any atom is 0.338 e. The topological polar surface area (TPSA) is 85.4 Å². The Morgan fingerprint density at radius 3 is 2.47 bits per heavy atom. The number of carboxylic acids is 1. The fourth-order valence-corrected chi connectivity index (χ4v) is 1.83. The van der Waals surface area contributed by atoms with E-state index in [1.165, 1.54) is 12.3 Å². The summed E-state index contributed by atoms with van der Waals surface area (Å²) in [6.07, 6.45) is 1.36. The third-order valence-electron chi connectivity index (χ3n) is 2.59. The van der Waals surface area contributed by atoms with Crippen molar-refractivity contribution in [2.45, 2.75) is 13.8 Å². The standard InChI is InChI=1S/C14H14N2O3/c1-8-5-9(2)7-10(6-8)19-13-12(15)11(14(17)18)3-4-16-13/h3-7H,15H2,1-2H3,(H,17,18). The summed E-state index contributed by atoms with van der Waals surface area (Å²) in [6, 6.07) is 7.02. The summed E-state index contributed by atoms with van der Waals surface area (Å²) < 4.78 is 5.56. The molecule has 0 aliphatic carbocycles. The van der Waals surface area contributed by atoms with Crippen molar-refractivity contribution in [3.8, 4) is 11.6 Å². The molecular formula is C14H14N2O3. The average Bonchev–Trinajstić information content (AvgIpc) is 2.30. The summed E-state index contributed by atoms with van der Waals surface area (Å²) in [5.41, 5.74) is 7.83. The third kappa shape index (κ3) is 2.82. The number of nitrogens with two attached hydrogens (primary N) is 1. The van der Waals surface area contributed by atoms with Crippen molar-refractivity contribution in [2.24, 2.45) is 0 Å². The Morgan fingerprint density at radius 1 is 1.26 bits per heavy atom. The molecule has 0 fully saturated rings. The van der Waals surface area contributed by atoms with E-state index in [2.05, 4.69) is 4.98 Å². The molecule has 3 N–H and O–H groups in total. The summed E-state index contributed by atoms with van der Waals surface area (Å²) in [6.45, 7) is 3.90. The van der Waals surface area contributed by atoms with Crippen molar-refractivity contribution < 1.29 is 14.6 Å². The molecule has 1 aromatic carbocycles. The normalized spacial score (nSPS) is 10.2. The first-order valence-corrected chi connectivity index (χ1v) is 5.71. The monoisotopic (exact) mass is 258 g/mol. The maximum atomic E-state index is 11.0. The maximum absolute atomic E-state index is 11.0. The Hall–Kier alpha value is -2.56. The van der Waals surface area contributed by atoms with Crippen LogP contribution in [0.25, 0.3) is 0 Å². The van der Waals surface area contributed by atoms with E-state index in [0.29, 0.717) is 5.75 Å². The SMILES string of the molecule is Cc1cc(C)cc(Oc2nccc(C(=O)O)c2N)c1. The molecule has 0 unspecified atom stereocenters. The molecule has 0 saturated heterocycles. The van der Waals surface area contributed by atoms with Crippen molar-refractivity contribution in [3.63, 3.8) is 0 Å². The number of ether oxygens (including phenoxy) is 1. The largest absolute Gasteiger partial charge is 0.478 e. The van der Waals surface area contributed by atoms with Gasteiger partial charge in [0.1, 0.15) is 11.4 Å². The van der Waals surface area contributed by atoms with Crippen LogP contribution in [0, 0.1) is 13.8 Å². The zero-order valence-corrected chi connectivity index (χ0v) is 10.7. The predicted molar refractivity (Wildman–Crippen MR) is 71.6 cm³/mol. The van der Waals surface area contributed by atoms with Gasteiger partial charge in [-0.2, -0.15) is 0 Å². The third-order valence-corrected chi connectivity index (χ3v) is 2.59. The number of benzene rings is 1. The number of anilines is 1. The van der Waals surface area contributed by atoms with Crippen molar-refractivity contribution in [3.05, 3.63) is 47.2 Å². The Labute approximate surface area is 110 Å². The summed E-state index contributed by atoms with van der Waals surface area (Å²) in [4.78, 5) is 14.9. The van der Waals surface area contributed by atoms with Crippen molar-refractivity contribution >= 4 is 11.7 Å². The van der Waals surface area contributed by atoms with Crippen molar-refractivity contribution in [1.82, 2.24) is 4.98 Å². The van der Waals surface area contributed by atoms with Gasteiger partial charge in [-0.3, -0.25) is 0 Å². The van der Waals surface area contributed by atoms with Crippen LogP contribution in [0.2, 0.25) is 0 Å². The molecule has 98 valence electrons. The number of carbonyl (C=O) groups is 1. The van der Waals surface area contributed by atoms with Gasteiger partial charge in [0.05, 0.1) is 5.56 Å².